The van der Waals surface area contributed by atoms with Crippen molar-refractivity contribution in [2.24, 2.45) is 0 Å². The fraction of sp³-hybridized carbons (Fsp3) is 0.250. The van der Waals surface area contributed by atoms with Crippen LogP contribution in [0, 0.1) is 0 Å². The van der Waals surface area contributed by atoms with Crippen molar-refractivity contribution >= 4 is 0 Å². The zero-order valence-electron chi connectivity index (χ0n) is 15.5. The summed E-state index contributed by atoms with van der Waals surface area (Å²) in [4.78, 5) is 0. The lowest BCUT2D eigenvalue weighted by Gasteiger charge is -2.13. The average Bonchev–Trinajstić information content (AvgIpc) is 2.72. The van der Waals surface area contributed by atoms with Gasteiger partial charge in [0, 0.05) is 12.7 Å². The highest BCUT2D eigenvalue weighted by Gasteiger charge is 2.05. The van der Waals surface area contributed by atoms with Crippen LogP contribution in [0.1, 0.15) is 29.5 Å². The predicted octanol–water partition coefficient (Wildman–Crippen LogP) is 5.16. The second-order valence-electron chi connectivity index (χ2n) is 6.54. The van der Waals surface area contributed by atoms with Crippen molar-refractivity contribution in [1.29, 1.82) is 0 Å². The Balaban J connectivity index is 1.69. The lowest BCUT2D eigenvalue weighted by molar-refractivity contribution is 0.283. The summed E-state index contributed by atoms with van der Waals surface area (Å²) in [6.45, 7) is 1.28. The summed E-state index contributed by atoms with van der Waals surface area (Å²) < 4.78 is 12.0. The first-order chi connectivity index (χ1) is 13.3. The van der Waals surface area contributed by atoms with Crippen molar-refractivity contribution in [2.45, 2.75) is 32.5 Å². The number of benzene rings is 3. The van der Waals surface area contributed by atoms with E-state index in [9.17, 15) is 0 Å². The molecule has 0 aliphatic rings. The number of hydrogen-bond donors (Lipinski definition) is 1. The van der Waals surface area contributed by atoms with E-state index in [1.807, 2.05) is 42.5 Å². The first-order valence-corrected chi connectivity index (χ1v) is 9.42. The van der Waals surface area contributed by atoms with E-state index >= 15 is 0 Å². The number of aliphatic hydroxyl groups excluding tert-OH is 1. The van der Waals surface area contributed by atoms with Gasteiger partial charge in [0.1, 0.15) is 24.7 Å². The average molecular weight is 362 g/mol. The van der Waals surface area contributed by atoms with Crippen molar-refractivity contribution in [3.8, 4) is 11.5 Å². The Kier molecular flexibility index (Phi) is 7.31. The number of unbranched alkanes of at least 4 members (excludes halogenated alkanes) is 1. The van der Waals surface area contributed by atoms with Crippen LogP contribution in [0.15, 0.2) is 78.9 Å². The molecule has 0 aromatic heterocycles. The topological polar surface area (TPSA) is 38.7 Å². The van der Waals surface area contributed by atoms with Gasteiger partial charge in [-0.1, -0.05) is 60.7 Å². The van der Waals surface area contributed by atoms with E-state index < -0.39 is 0 Å². The van der Waals surface area contributed by atoms with Crippen molar-refractivity contribution in [3.05, 3.63) is 95.6 Å². The summed E-state index contributed by atoms with van der Waals surface area (Å²) in [7, 11) is 0. The first kappa shape index (κ1) is 19.0. The van der Waals surface area contributed by atoms with Crippen LogP contribution < -0.4 is 9.47 Å². The molecule has 3 aromatic rings. The minimum atomic E-state index is 0.224. The van der Waals surface area contributed by atoms with Gasteiger partial charge in [0.05, 0.1) is 0 Å². The highest BCUT2D eigenvalue weighted by atomic mass is 16.5. The maximum absolute atomic E-state index is 9.02. The van der Waals surface area contributed by atoms with E-state index in [0.717, 1.165) is 47.5 Å². The summed E-state index contributed by atoms with van der Waals surface area (Å²) in [6, 6.07) is 26.3. The molecule has 0 heterocycles. The summed E-state index contributed by atoms with van der Waals surface area (Å²) >= 11 is 0. The van der Waals surface area contributed by atoms with Gasteiger partial charge in [-0.25, -0.2) is 0 Å². The molecule has 0 atom stereocenters. The number of aliphatic hydroxyl groups is 1. The summed E-state index contributed by atoms with van der Waals surface area (Å²) in [5.74, 6) is 1.62. The Bertz CT molecular complexity index is 739. The standard InChI is InChI=1S/C24H26O3/c25-14-8-7-13-22-15-23(26-18-20-9-3-1-4-10-20)17-24(16-22)27-19-21-11-5-2-6-12-21/h1-6,9-12,15-17,25H,7-8,13-14,18-19H2. The first-order valence-electron chi connectivity index (χ1n) is 9.42. The van der Waals surface area contributed by atoms with Gasteiger partial charge < -0.3 is 14.6 Å². The van der Waals surface area contributed by atoms with Crippen LogP contribution >= 0.6 is 0 Å². The number of rotatable bonds is 10. The fourth-order valence-electron chi connectivity index (χ4n) is 2.86. The third-order valence-corrected chi connectivity index (χ3v) is 4.31. The Morgan fingerprint density at radius 1 is 0.593 bits per heavy atom. The molecule has 140 valence electrons. The Morgan fingerprint density at radius 2 is 1.11 bits per heavy atom. The fourth-order valence-corrected chi connectivity index (χ4v) is 2.86. The van der Waals surface area contributed by atoms with Gasteiger partial charge in [-0.05, 0) is 48.1 Å². The summed E-state index contributed by atoms with van der Waals surface area (Å²) in [5.41, 5.74) is 3.43. The molecular formula is C24H26O3. The van der Waals surface area contributed by atoms with Crippen LogP contribution in [-0.2, 0) is 19.6 Å². The SMILES string of the molecule is OCCCCc1cc(OCc2ccccc2)cc(OCc2ccccc2)c1. The molecule has 27 heavy (non-hydrogen) atoms. The Morgan fingerprint density at radius 3 is 1.59 bits per heavy atom. The van der Waals surface area contributed by atoms with Crippen LogP contribution in [-0.4, -0.2) is 11.7 Å². The monoisotopic (exact) mass is 362 g/mol. The van der Waals surface area contributed by atoms with Gasteiger partial charge in [0.2, 0.25) is 0 Å². The van der Waals surface area contributed by atoms with Crippen molar-refractivity contribution in [3.63, 3.8) is 0 Å². The zero-order valence-corrected chi connectivity index (χ0v) is 15.5. The van der Waals surface area contributed by atoms with Crippen LogP contribution in [0.2, 0.25) is 0 Å². The van der Waals surface area contributed by atoms with Crippen LogP contribution in [0.5, 0.6) is 11.5 Å². The van der Waals surface area contributed by atoms with Gasteiger partial charge in [0.25, 0.3) is 0 Å². The molecule has 0 saturated heterocycles. The lowest BCUT2D eigenvalue weighted by atomic mass is 10.1. The third-order valence-electron chi connectivity index (χ3n) is 4.31. The normalized spacial score (nSPS) is 10.6. The minimum absolute atomic E-state index is 0.224. The predicted molar refractivity (Wildman–Crippen MR) is 108 cm³/mol. The van der Waals surface area contributed by atoms with Gasteiger partial charge >= 0.3 is 0 Å². The molecule has 1 N–H and O–H groups in total. The zero-order chi connectivity index (χ0) is 18.7. The lowest BCUT2D eigenvalue weighted by Crippen LogP contribution is -2.00. The molecule has 3 aromatic carbocycles. The van der Waals surface area contributed by atoms with Crippen LogP contribution in [0.3, 0.4) is 0 Å². The van der Waals surface area contributed by atoms with Crippen LogP contribution in [0.25, 0.3) is 0 Å². The third kappa shape index (κ3) is 6.46. The summed E-state index contributed by atoms with van der Waals surface area (Å²) in [6.07, 6.45) is 2.64. The Hall–Kier alpha value is -2.78. The molecule has 0 unspecified atom stereocenters. The van der Waals surface area contributed by atoms with Gasteiger partial charge in [0.15, 0.2) is 0 Å². The highest BCUT2D eigenvalue weighted by molar-refractivity contribution is 5.39. The van der Waals surface area contributed by atoms with Crippen molar-refractivity contribution in [1.82, 2.24) is 0 Å². The molecule has 3 rings (SSSR count). The van der Waals surface area contributed by atoms with E-state index in [0.29, 0.717) is 13.2 Å². The number of hydrogen-bond acceptors (Lipinski definition) is 3. The van der Waals surface area contributed by atoms with Crippen LogP contribution in [0.4, 0.5) is 0 Å². The van der Waals surface area contributed by atoms with Crippen molar-refractivity contribution in [2.75, 3.05) is 6.61 Å². The molecule has 3 nitrogen and oxygen atoms in total. The van der Waals surface area contributed by atoms with Crippen molar-refractivity contribution < 1.29 is 14.6 Å². The van der Waals surface area contributed by atoms with E-state index in [4.69, 9.17) is 14.6 Å². The van der Waals surface area contributed by atoms with Gasteiger partial charge in [-0.2, -0.15) is 0 Å². The maximum Gasteiger partial charge on any atom is 0.123 e. The quantitative estimate of drug-likeness (QED) is 0.506. The Labute approximate surface area is 161 Å². The van der Waals surface area contributed by atoms with Gasteiger partial charge in [-0.3, -0.25) is 0 Å². The maximum atomic E-state index is 9.02. The largest absolute Gasteiger partial charge is 0.489 e. The summed E-state index contributed by atoms with van der Waals surface area (Å²) in [5, 5.41) is 9.02. The highest BCUT2D eigenvalue weighted by Crippen LogP contribution is 2.26. The number of ether oxygens (including phenoxy) is 2. The molecular weight excluding hydrogens is 336 g/mol. The molecule has 3 heteroatoms. The van der Waals surface area contributed by atoms with E-state index in [-0.39, 0.29) is 6.61 Å². The second kappa shape index (κ2) is 10.4. The molecule has 0 bridgehead atoms. The smallest absolute Gasteiger partial charge is 0.123 e. The molecule has 0 saturated carbocycles. The number of aryl methyl sites for hydroxylation is 1. The minimum Gasteiger partial charge on any atom is -0.489 e. The molecule has 0 fully saturated rings. The molecule has 0 radical (unpaired) electrons. The molecule has 0 spiro atoms. The van der Waals surface area contributed by atoms with E-state index in [2.05, 4.69) is 36.4 Å². The second-order valence-corrected chi connectivity index (χ2v) is 6.54. The van der Waals surface area contributed by atoms with E-state index in [1.165, 1.54) is 0 Å². The molecule has 0 aliphatic heterocycles. The van der Waals surface area contributed by atoms with Gasteiger partial charge in [-0.15, -0.1) is 0 Å². The molecule has 0 aliphatic carbocycles. The molecule has 0 amide bonds. The van der Waals surface area contributed by atoms with E-state index in [1.54, 1.807) is 0 Å².